The summed E-state index contributed by atoms with van der Waals surface area (Å²) in [5.41, 5.74) is 3.13. The topological polar surface area (TPSA) is 84.0 Å². The Balaban J connectivity index is 1.36. The highest BCUT2D eigenvalue weighted by Gasteiger charge is 2.33. The Kier molecular flexibility index (Phi) is 6.14. The number of rotatable bonds is 3. The highest BCUT2D eigenvalue weighted by atomic mass is 16.5. The molecule has 0 saturated carbocycles. The molecule has 1 atom stereocenters. The minimum Gasteiger partial charge on any atom is -0.497 e. The zero-order valence-electron chi connectivity index (χ0n) is 18.9. The van der Waals surface area contributed by atoms with Crippen molar-refractivity contribution in [1.29, 1.82) is 0 Å². The molecule has 0 unspecified atom stereocenters. The maximum absolute atomic E-state index is 12.9. The number of pyridine rings is 1. The normalized spacial score (nSPS) is 18.3. The van der Waals surface area contributed by atoms with E-state index in [2.05, 4.69) is 15.2 Å². The van der Waals surface area contributed by atoms with E-state index in [0.717, 1.165) is 16.9 Å². The van der Waals surface area contributed by atoms with Crippen LogP contribution in [-0.4, -0.2) is 72.5 Å². The van der Waals surface area contributed by atoms with Crippen molar-refractivity contribution >= 4 is 17.5 Å². The van der Waals surface area contributed by atoms with E-state index in [1.165, 1.54) is 0 Å². The summed E-state index contributed by atoms with van der Waals surface area (Å²) in [6.45, 7) is 2.24. The van der Waals surface area contributed by atoms with Crippen LogP contribution in [0.25, 0.3) is 11.1 Å². The molecule has 8 nitrogen and oxygen atoms in total. The summed E-state index contributed by atoms with van der Waals surface area (Å²) in [6.07, 6.45) is 3.23. The molecule has 5 rings (SSSR count). The number of hydrogen-bond acceptors (Lipinski definition) is 6. The number of fused-ring (bicyclic) bond motifs is 2. The van der Waals surface area contributed by atoms with Gasteiger partial charge in [-0.25, -0.2) is 0 Å². The van der Waals surface area contributed by atoms with Gasteiger partial charge in [-0.15, -0.1) is 0 Å². The summed E-state index contributed by atoms with van der Waals surface area (Å²) >= 11 is 0. The first-order chi connectivity index (χ1) is 16.6. The fourth-order valence-corrected chi connectivity index (χ4v) is 4.41. The molecule has 0 radical (unpaired) electrons. The number of aromatic nitrogens is 1. The number of benzene rings is 2. The van der Waals surface area contributed by atoms with Gasteiger partial charge < -0.3 is 19.7 Å². The molecular formula is C26H26N4O4. The van der Waals surface area contributed by atoms with Gasteiger partial charge in [0, 0.05) is 32.0 Å². The second-order valence-corrected chi connectivity index (χ2v) is 8.42. The van der Waals surface area contributed by atoms with Gasteiger partial charge >= 0.3 is 0 Å². The van der Waals surface area contributed by atoms with Gasteiger partial charge in [-0.1, -0.05) is 18.2 Å². The van der Waals surface area contributed by atoms with Crippen LogP contribution in [0.1, 0.15) is 10.4 Å². The quantitative estimate of drug-likeness (QED) is 0.650. The first-order valence-corrected chi connectivity index (χ1v) is 11.3. The zero-order chi connectivity index (χ0) is 23.5. The standard InChI is InChI=1S/C26H26N4O4/c1-33-22-6-2-4-18(12-22)19-7-8-24-23(13-19)28-25(31)16-29-10-11-30(15-21(29)17-34-24)26(32)20-5-3-9-27-14-20/h2-9,12-14,21H,10-11,15-17H2,1H3,(H,28,31)/t21-/m1/s1. The Labute approximate surface area is 198 Å². The van der Waals surface area contributed by atoms with Crippen LogP contribution < -0.4 is 14.8 Å². The molecule has 2 aliphatic heterocycles. The third-order valence-corrected chi connectivity index (χ3v) is 6.24. The van der Waals surface area contributed by atoms with Gasteiger partial charge in [0.2, 0.25) is 5.91 Å². The highest BCUT2D eigenvalue weighted by molar-refractivity contribution is 5.95. The summed E-state index contributed by atoms with van der Waals surface area (Å²) in [7, 11) is 1.64. The Morgan fingerprint density at radius 3 is 2.82 bits per heavy atom. The minimum absolute atomic E-state index is 0.0552. The number of nitrogens with zero attached hydrogens (tertiary/aromatic N) is 3. The lowest BCUT2D eigenvalue weighted by molar-refractivity contribution is -0.118. The van der Waals surface area contributed by atoms with E-state index in [1.807, 2.05) is 47.4 Å². The monoisotopic (exact) mass is 458 g/mol. The lowest BCUT2D eigenvalue weighted by atomic mass is 10.0. The molecule has 3 aromatic rings. The molecular weight excluding hydrogens is 432 g/mol. The molecule has 2 amide bonds. The van der Waals surface area contributed by atoms with Gasteiger partial charge in [0.15, 0.2) is 0 Å². The Morgan fingerprint density at radius 2 is 2.00 bits per heavy atom. The van der Waals surface area contributed by atoms with Gasteiger partial charge in [0.05, 0.1) is 30.9 Å². The molecule has 2 aliphatic rings. The maximum Gasteiger partial charge on any atom is 0.255 e. The number of nitrogens with one attached hydrogen (secondary N) is 1. The SMILES string of the molecule is COc1cccc(-c2ccc3c(c2)NC(=O)CN2CCN(C(=O)c4cccnc4)C[C@@H]2CO3)c1. The van der Waals surface area contributed by atoms with Crippen molar-refractivity contribution in [3.8, 4) is 22.6 Å². The Bertz CT molecular complexity index is 1200. The summed E-state index contributed by atoms with van der Waals surface area (Å²) in [6, 6.07) is 17.0. The second kappa shape index (κ2) is 9.52. The Morgan fingerprint density at radius 1 is 1.12 bits per heavy atom. The first kappa shape index (κ1) is 21.9. The third kappa shape index (κ3) is 4.58. The highest BCUT2D eigenvalue weighted by Crippen LogP contribution is 2.33. The lowest BCUT2D eigenvalue weighted by Gasteiger charge is -2.40. The molecule has 0 aliphatic carbocycles. The van der Waals surface area contributed by atoms with Gasteiger partial charge in [0.1, 0.15) is 18.1 Å². The summed E-state index contributed by atoms with van der Waals surface area (Å²) in [5.74, 6) is 1.22. The van der Waals surface area contributed by atoms with Crippen molar-refractivity contribution in [2.45, 2.75) is 6.04 Å². The van der Waals surface area contributed by atoms with Crippen molar-refractivity contribution in [3.63, 3.8) is 0 Å². The predicted octanol–water partition coefficient (Wildman–Crippen LogP) is 2.91. The molecule has 2 aromatic carbocycles. The fraction of sp³-hybridized carbons (Fsp3) is 0.269. The smallest absolute Gasteiger partial charge is 0.255 e. The van der Waals surface area contributed by atoms with E-state index >= 15 is 0 Å². The number of anilines is 1. The van der Waals surface area contributed by atoms with Crippen molar-refractivity contribution in [3.05, 3.63) is 72.6 Å². The van der Waals surface area contributed by atoms with Gasteiger partial charge in [0.25, 0.3) is 5.91 Å². The van der Waals surface area contributed by atoms with Crippen LogP contribution in [0.15, 0.2) is 67.0 Å². The van der Waals surface area contributed by atoms with E-state index in [9.17, 15) is 9.59 Å². The summed E-state index contributed by atoms with van der Waals surface area (Å²) in [4.78, 5) is 33.7. The number of carbonyl (C=O) groups excluding carboxylic acids is 2. The molecule has 3 heterocycles. The number of methoxy groups -OCH3 is 1. The van der Waals surface area contributed by atoms with E-state index in [0.29, 0.717) is 43.2 Å². The van der Waals surface area contributed by atoms with Crippen LogP contribution in [0.2, 0.25) is 0 Å². The van der Waals surface area contributed by atoms with E-state index in [4.69, 9.17) is 9.47 Å². The van der Waals surface area contributed by atoms with Crippen LogP contribution >= 0.6 is 0 Å². The molecule has 1 N–H and O–H groups in total. The van der Waals surface area contributed by atoms with Crippen molar-refractivity contribution in [2.24, 2.45) is 0 Å². The van der Waals surface area contributed by atoms with Crippen molar-refractivity contribution in [1.82, 2.24) is 14.8 Å². The van der Waals surface area contributed by atoms with Crippen LogP contribution in [-0.2, 0) is 4.79 Å². The second-order valence-electron chi connectivity index (χ2n) is 8.42. The maximum atomic E-state index is 12.9. The largest absolute Gasteiger partial charge is 0.497 e. The minimum atomic E-state index is -0.105. The van der Waals surface area contributed by atoms with E-state index in [-0.39, 0.29) is 24.4 Å². The molecule has 8 heteroatoms. The van der Waals surface area contributed by atoms with Crippen LogP contribution in [0.5, 0.6) is 11.5 Å². The lowest BCUT2D eigenvalue weighted by Crippen LogP contribution is -2.57. The number of piperazine rings is 1. The molecule has 0 spiro atoms. The number of ether oxygens (including phenoxy) is 2. The summed E-state index contributed by atoms with van der Waals surface area (Å²) in [5, 5.41) is 3.01. The average Bonchev–Trinajstić information content (AvgIpc) is 2.94. The van der Waals surface area contributed by atoms with Crippen LogP contribution in [0.3, 0.4) is 0 Å². The molecule has 34 heavy (non-hydrogen) atoms. The molecule has 1 saturated heterocycles. The fourth-order valence-electron chi connectivity index (χ4n) is 4.41. The Hall–Kier alpha value is -3.91. The number of hydrogen-bond donors (Lipinski definition) is 1. The van der Waals surface area contributed by atoms with E-state index < -0.39 is 0 Å². The third-order valence-electron chi connectivity index (χ3n) is 6.24. The molecule has 0 bridgehead atoms. The van der Waals surface area contributed by atoms with Crippen molar-refractivity contribution in [2.75, 3.05) is 45.2 Å². The van der Waals surface area contributed by atoms with Crippen LogP contribution in [0, 0.1) is 0 Å². The number of carbonyl (C=O) groups is 2. The van der Waals surface area contributed by atoms with Crippen LogP contribution in [0.4, 0.5) is 5.69 Å². The predicted molar refractivity (Wildman–Crippen MR) is 128 cm³/mol. The average molecular weight is 459 g/mol. The van der Waals surface area contributed by atoms with E-state index in [1.54, 1.807) is 31.6 Å². The van der Waals surface area contributed by atoms with Gasteiger partial charge in [-0.3, -0.25) is 19.5 Å². The van der Waals surface area contributed by atoms with Gasteiger partial charge in [-0.05, 0) is 47.5 Å². The van der Waals surface area contributed by atoms with Gasteiger partial charge in [-0.2, -0.15) is 0 Å². The molecule has 1 fully saturated rings. The first-order valence-electron chi connectivity index (χ1n) is 11.3. The molecule has 174 valence electrons. The zero-order valence-corrected chi connectivity index (χ0v) is 18.9. The molecule has 1 aromatic heterocycles. The van der Waals surface area contributed by atoms with Crippen molar-refractivity contribution < 1.29 is 19.1 Å². The number of amides is 2. The summed E-state index contributed by atoms with van der Waals surface area (Å²) < 4.78 is 11.5.